The van der Waals surface area contributed by atoms with Gasteiger partial charge in [0.2, 0.25) is 0 Å². The van der Waals surface area contributed by atoms with Crippen molar-refractivity contribution in [1.82, 2.24) is 4.98 Å². The van der Waals surface area contributed by atoms with Gasteiger partial charge in [0.1, 0.15) is 6.07 Å². The minimum absolute atomic E-state index is 0.0740. The third kappa shape index (κ3) is 2.47. The van der Waals surface area contributed by atoms with E-state index in [0.29, 0.717) is 16.3 Å². The first kappa shape index (κ1) is 11.3. The zero-order valence-electron chi connectivity index (χ0n) is 8.08. The number of aromatic nitrogens is 1. The fourth-order valence-electron chi connectivity index (χ4n) is 1.14. The van der Waals surface area contributed by atoms with E-state index in [0.717, 1.165) is 18.9 Å². The number of hydrogen-bond acceptors (Lipinski definition) is 3. The molecule has 6 heteroatoms. The van der Waals surface area contributed by atoms with Crippen LogP contribution in [0.2, 0.25) is 0 Å². The second-order valence-corrected chi connectivity index (χ2v) is 4.84. The first-order valence-electron chi connectivity index (χ1n) is 4.64. The van der Waals surface area contributed by atoms with Gasteiger partial charge < -0.3 is 0 Å². The fourth-order valence-corrected chi connectivity index (χ4v) is 2.27. The Labute approximate surface area is 94.5 Å². The van der Waals surface area contributed by atoms with Crippen LogP contribution in [0.15, 0.2) is 17.2 Å². The number of pyridine rings is 1. The lowest BCUT2D eigenvalue weighted by Crippen LogP contribution is -2.06. The van der Waals surface area contributed by atoms with Crippen molar-refractivity contribution in [3.05, 3.63) is 23.5 Å². The van der Waals surface area contributed by atoms with Gasteiger partial charge in [0, 0.05) is 16.3 Å². The number of alkyl halides is 3. The molecule has 2 rings (SSSR count). The van der Waals surface area contributed by atoms with E-state index in [1.54, 1.807) is 0 Å². The van der Waals surface area contributed by atoms with Crippen molar-refractivity contribution < 1.29 is 13.2 Å². The topological polar surface area (TPSA) is 36.7 Å². The number of hydrogen-bond donors (Lipinski definition) is 0. The van der Waals surface area contributed by atoms with Crippen LogP contribution in [-0.2, 0) is 6.18 Å². The van der Waals surface area contributed by atoms with E-state index in [1.165, 1.54) is 11.8 Å². The minimum Gasteiger partial charge on any atom is -0.244 e. The van der Waals surface area contributed by atoms with Gasteiger partial charge in [-0.15, -0.1) is 11.8 Å². The van der Waals surface area contributed by atoms with E-state index in [-0.39, 0.29) is 5.69 Å². The highest BCUT2D eigenvalue weighted by molar-refractivity contribution is 8.00. The Kier molecular flexibility index (Phi) is 2.80. The zero-order valence-corrected chi connectivity index (χ0v) is 8.90. The molecule has 84 valence electrons. The van der Waals surface area contributed by atoms with Gasteiger partial charge in [-0.2, -0.15) is 18.4 Å². The largest absolute Gasteiger partial charge is 0.417 e. The predicted molar refractivity (Wildman–Crippen MR) is 52.8 cm³/mol. The first-order valence-corrected chi connectivity index (χ1v) is 5.52. The molecule has 0 N–H and O–H groups in total. The molecule has 0 saturated heterocycles. The van der Waals surface area contributed by atoms with Crippen LogP contribution >= 0.6 is 11.8 Å². The van der Waals surface area contributed by atoms with Gasteiger partial charge in [0.25, 0.3) is 0 Å². The van der Waals surface area contributed by atoms with Crippen LogP contribution in [0, 0.1) is 11.3 Å². The number of nitriles is 1. The van der Waals surface area contributed by atoms with Crippen molar-refractivity contribution in [3.63, 3.8) is 0 Å². The highest BCUT2D eigenvalue weighted by Crippen LogP contribution is 2.41. The molecule has 16 heavy (non-hydrogen) atoms. The van der Waals surface area contributed by atoms with Crippen molar-refractivity contribution in [3.8, 4) is 6.07 Å². The smallest absolute Gasteiger partial charge is 0.244 e. The van der Waals surface area contributed by atoms with E-state index in [9.17, 15) is 13.2 Å². The number of rotatable bonds is 2. The van der Waals surface area contributed by atoms with Crippen molar-refractivity contribution in [2.24, 2.45) is 0 Å². The van der Waals surface area contributed by atoms with Crippen LogP contribution in [0.25, 0.3) is 0 Å². The maximum absolute atomic E-state index is 12.4. The molecular weight excluding hydrogens is 237 g/mol. The molecule has 1 aliphatic rings. The highest BCUT2D eigenvalue weighted by atomic mass is 32.2. The molecule has 0 unspecified atom stereocenters. The summed E-state index contributed by atoms with van der Waals surface area (Å²) in [6.07, 6.45) is -1.72. The summed E-state index contributed by atoms with van der Waals surface area (Å²) in [6, 6.07) is 2.82. The summed E-state index contributed by atoms with van der Waals surface area (Å²) in [7, 11) is 0. The minimum atomic E-state index is -4.40. The van der Waals surface area contributed by atoms with Crippen LogP contribution in [0.4, 0.5) is 13.2 Å². The summed E-state index contributed by atoms with van der Waals surface area (Å²) in [4.78, 5) is 3.88. The third-order valence-electron chi connectivity index (χ3n) is 2.10. The van der Waals surface area contributed by atoms with Crippen molar-refractivity contribution in [2.45, 2.75) is 29.2 Å². The Balaban J connectivity index is 2.34. The van der Waals surface area contributed by atoms with Crippen LogP contribution < -0.4 is 0 Å². The molecular formula is C10H7F3N2S. The Morgan fingerprint density at radius 1 is 1.44 bits per heavy atom. The maximum atomic E-state index is 12.4. The summed E-state index contributed by atoms with van der Waals surface area (Å²) in [6.45, 7) is 0. The van der Waals surface area contributed by atoms with Gasteiger partial charge >= 0.3 is 6.18 Å². The summed E-state index contributed by atoms with van der Waals surface area (Å²) in [5, 5.41) is 9.08. The standard InChI is InChI=1S/C10H7F3N2S/c11-10(12,13)6-3-9(16-7-1-2-7)8(4-14)15-5-6/h3,5,7H,1-2H2. The monoisotopic (exact) mass is 244 g/mol. The molecule has 1 aliphatic carbocycles. The Hall–Kier alpha value is -1.22. The van der Waals surface area contributed by atoms with E-state index in [2.05, 4.69) is 4.98 Å². The number of halogens is 3. The summed E-state index contributed by atoms with van der Waals surface area (Å²) >= 11 is 1.31. The zero-order chi connectivity index (χ0) is 11.8. The molecule has 1 fully saturated rings. The van der Waals surface area contributed by atoms with E-state index >= 15 is 0 Å². The van der Waals surface area contributed by atoms with Crippen molar-refractivity contribution >= 4 is 11.8 Å². The molecule has 1 aromatic rings. The van der Waals surface area contributed by atoms with Gasteiger partial charge in [-0.25, -0.2) is 4.98 Å². The summed E-state index contributed by atoms with van der Waals surface area (Å²) in [5.41, 5.74) is -0.723. The quantitative estimate of drug-likeness (QED) is 0.801. The Bertz CT molecular complexity index is 446. The number of thioether (sulfide) groups is 1. The van der Waals surface area contributed by atoms with E-state index in [1.807, 2.05) is 6.07 Å². The normalized spacial score (nSPS) is 15.9. The van der Waals surface area contributed by atoms with Crippen LogP contribution in [0.5, 0.6) is 0 Å². The summed E-state index contributed by atoms with van der Waals surface area (Å²) in [5.74, 6) is 0. The second-order valence-electron chi connectivity index (χ2n) is 3.50. The highest BCUT2D eigenvalue weighted by Gasteiger charge is 2.33. The summed E-state index contributed by atoms with van der Waals surface area (Å²) < 4.78 is 37.3. The van der Waals surface area contributed by atoms with Crippen LogP contribution in [0.1, 0.15) is 24.1 Å². The van der Waals surface area contributed by atoms with Crippen LogP contribution in [0.3, 0.4) is 0 Å². The van der Waals surface area contributed by atoms with Gasteiger partial charge in [-0.1, -0.05) is 0 Å². The molecule has 0 radical (unpaired) electrons. The van der Waals surface area contributed by atoms with E-state index < -0.39 is 11.7 Å². The van der Waals surface area contributed by atoms with Crippen molar-refractivity contribution in [2.75, 3.05) is 0 Å². The molecule has 0 spiro atoms. The average molecular weight is 244 g/mol. The molecule has 1 saturated carbocycles. The second kappa shape index (κ2) is 3.98. The maximum Gasteiger partial charge on any atom is 0.417 e. The first-order chi connectivity index (χ1) is 7.50. The molecule has 0 aliphatic heterocycles. The molecule has 2 nitrogen and oxygen atoms in total. The molecule has 0 atom stereocenters. The Morgan fingerprint density at radius 3 is 2.62 bits per heavy atom. The molecule has 1 heterocycles. The Morgan fingerprint density at radius 2 is 2.12 bits per heavy atom. The van der Waals surface area contributed by atoms with Gasteiger partial charge in [-0.05, 0) is 18.9 Å². The van der Waals surface area contributed by atoms with Crippen LogP contribution in [-0.4, -0.2) is 10.2 Å². The fraction of sp³-hybridized carbons (Fsp3) is 0.400. The molecule has 0 bridgehead atoms. The lowest BCUT2D eigenvalue weighted by atomic mass is 10.2. The number of nitrogens with zero attached hydrogens (tertiary/aromatic N) is 2. The molecule has 0 amide bonds. The van der Waals surface area contributed by atoms with Gasteiger partial charge in [0.05, 0.1) is 5.56 Å². The molecule has 1 aromatic heterocycles. The lowest BCUT2D eigenvalue weighted by Gasteiger charge is -2.08. The average Bonchev–Trinajstić information content (AvgIpc) is 3.00. The van der Waals surface area contributed by atoms with E-state index in [4.69, 9.17) is 5.26 Å². The lowest BCUT2D eigenvalue weighted by molar-refractivity contribution is -0.138. The van der Waals surface area contributed by atoms with Gasteiger partial charge in [-0.3, -0.25) is 0 Å². The van der Waals surface area contributed by atoms with Crippen molar-refractivity contribution in [1.29, 1.82) is 5.26 Å². The SMILES string of the molecule is N#Cc1ncc(C(F)(F)F)cc1SC1CC1. The third-order valence-corrected chi connectivity index (χ3v) is 3.47. The predicted octanol–water partition coefficient (Wildman–Crippen LogP) is 3.23. The van der Waals surface area contributed by atoms with Gasteiger partial charge in [0.15, 0.2) is 5.69 Å². The molecule has 0 aromatic carbocycles.